The number of nitrogens with one attached hydrogen (secondary N) is 1. The quantitative estimate of drug-likeness (QED) is 0.831. The van der Waals surface area contributed by atoms with E-state index in [2.05, 4.69) is 47.2 Å². The number of anilines is 1. The van der Waals surface area contributed by atoms with Crippen molar-refractivity contribution >= 4 is 5.69 Å². The SMILES string of the molecule is CCCn1cccc1CNc1cnn(CC)c1. The Balaban J connectivity index is 1.94. The van der Waals surface area contributed by atoms with Gasteiger partial charge in [-0.05, 0) is 25.5 Å². The Labute approximate surface area is 102 Å². The van der Waals surface area contributed by atoms with Crippen molar-refractivity contribution in [2.24, 2.45) is 0 Å². The Morgan fingerprint density at radius 3 is 2.94 bits per heavy atom. The second kappa shape index (κ2) is 5.57. The molecule has 2 aromatic heterocycles. The predicted octanol–water partition coefficient (Wildman–Crippen LogP) is 2.73. The fourth-order valence-corrected chi connectivity index (χ4v) is 1.89. The Morgan fingerprint density at radius 1 is 1.35 bits per heavy atom. The van der Waals surface area contributed by atoms with Gasteiger partial charge >= 0.3 is 0 Å². The van der Waals surface area contributed by atoms with Gasteiger partial charge in [0.15, 0.2) is 0 Å². The lowest BCUT2D eigenvalue weighted by Gasteiger charge is -2.08. The molecule has 2 rings (SSSR count). The molecule has 17 heavy (non-hydrogen) atoms. The van der Waals surface area contributed by atoms with E-state index in [9.17, 15) is 0 Å². The molecule has 4 nitrogen and oxygen atoms in total. The molecule has 0 unspecified atom stereocenters. The molecule has 0 saturated carbocycles. The lowest BCUT2D eigenvalue weighted by Crippen LogP contribution is -2.06. The molecule has 0 radical (unpaired) electrons. The van der Waals surface area contributed by atoms with Gasteiger partial charge in [-0.25, -0.2) is 0 Å². The summed E-state index contributed by atoms with van der Waals surface area (Å²) in [6.07, 6.45) is 7.20. The van der Waals surface area contributed by atoms with E-state index < -0.39 is 0 Å². The molecule has 0 bridgehead atoms. The van der Waals surface area contributed by atoms with Crippen molar-refractivity contribution in [1.29, 1.82) is 0 Å². The van der Waals surface area contributed by atoms with Gasteiger partial charge in [0.1, 0.15) is 0 Å². The van der Waals surface area contributed by atoms with Crippen LogP contribution in [0.1, 0.15) is 26.0 Å². The normalized spacial score (nSPS) is 10.7. The van der Waals surface area contributed by atoms with Crippen LogP contribution in [0.5, 0.6) is 0 Å². The largest absolute Gasteiger partial charge is 0.377 e. The predicted molar refractivity (Wildman–Crippen MR) is 70.0 cm³/mol. The number of aryl methyl sites for hydroxylation is 2. The molecule has 92 valence electrons. The van der Waals surface area contributed by atoms with Crippen LogP contribution < -0.4 is 5.32 Å². The summed E-state index contributed by atoms with van der Waals surface area (Å²) in [5, 5.41) is 7.64. The minimum Gasteiger partial charge on any atom is -0.377 e. The molecule has 0 aliphatic heterocycles. The minimum atomic E-state index is 0.850. The Morgan fingerprint density at radius 2 is 2.24 bits per heavy atom. The van der Waals surface area contributed by atoms with E-state index in [-0.39, 0.29) is 0 Å². The molecular formula is C13H20N4. The molecule has 0 spiro atoms. The smallest absolute Gasteiger partial charge is 0.0729 e. The Kier molecular flexibility index (Phi) is 3.85. The third kappa shape index (κ3) is 2.90. The van der Waals surface area contributed by atoms with E-state index in [0.717, 1.165) is 31.7 Å². The maximum absolute atomic E-state index is 4.24. The summed E-state index contributed by atoms with van der Waals surface area (Å²) >= 11 is 0. The van der Waals surface area contributed by atoms with Crippen LogP contribution in [0.15, 0.2) is 30.7 Å². The minimum absolute atomic E-state index is 0.850. The fraction of sp³-hybridized carbons (Fsp3) is 0.462. The number of nitrogens with zero attached hydrogens (tertiary/aromatic N) is 3. The lowest BCUT2D eigenvalue weighted by molar-refractivity contribution is 0.654. The van der Waals surface area contributed by atoms with Crippen LogP contribution in [0.2, 0.25) is 0 Å². The number of hydrogen-bond acceptors (Lipinski definition) is 2. The average Bonchev–Trinajstić information content (AvgIpc) is 2.95. The van der Waals surface area contributed by atoms with E-state index >= 15 is 0 Å². The van der Waals surface area contributed by atoms with Gasteiger partial charge in [-0.1, -0.05) is 6.92 Å². The van der Waals surface area contributed by atoms with Crippen LogP contribution in [-0.4, -0.2) is 14.3 Å². The number of aromatic nitrogens is 3. The first-order valence-electron chi connectivity index (χ1n) is 6.23. The zero-order valence-corrected chi connectivity index (χ0v) is 10.6. The summed E-state index contributed by atoms with van der Waals surface area (Å²) in [5.41, 5.74) is 2.40. The Bertz CT molecular complexity index is 455. The zero-order chi connectivity index (χ0) is 12.1. The molecule has 0 aromatic carbocycles. The highest BCUT2D eigenvalue weighted by Gasteiger charge is 2.01. The second-order valence-electron chi connectivity index (χ2n) is 4.13. The third-order valence-corrected chi connectivity index (χ3v) is 2.82. The van der Waals surface area contributed by atoms with Gasteiger partial charge in [0.05, 0.1) is 18.4 Å². The molecule has 0 fully saturated rings. The monoisotopic (exact) mass is 232 g/mol. The van der Waals surface area contributed by atoms with Gasteiger partial charge < -0.3 is 9.88 Å². The van der Waals surface area contributed by atoms with Gasteiger partial charge in [-0.15, -0.1) is 0 Å². The van der Waals surface area contributed by atoms with Crippen LogP contribution in [0.4, 0.5) is 5.69 Å². The van der Waals surface area contributed by atoms with Crippen molar-refractivity contribution in [2.75, 3.05) is 5.32 Å². The van der Waals surface area contributed by atoms with Gasteiger partial charge in [-0.3, -0.25) is 4.68 Å². The third-order valence-electron chi connectivity index (χ3n) is 2.82. The summed E-state index contributed by atoms with van der Waals surface area (Å²) in [4.78, 5) is 0. The highest BCUT2D eigenvalue weighted by molar-refractivity contribution is 5.38. The van der Waals surface area contributed by atoms with Crippen LogP contribution in [0, 0.1) is 0 Å². The molecule has 4 heteroatoms. The molecule has 2 aromatic rings. The first kappa shape index (κ1) is 11.8. The molecule has 2 heterocycles. The van der Waals surface area contributed by atoms with E-state index in [0.29, 0.717) is 0 Å². The summed E-state index contributed by atoms with van der Waals surface area (Å²) in [6.45, 7) is 7.13. The van der Waals surface area contributed by atoms with E-state index in [1.165, 1.54) is 5.69 Å². The van der Waals surface area contributed by atoms with Crippen molar-refractivity contribution in [1.82, 2.24) is 14.3 Å². The van der Waals surface area contributed by atoms with Crippen molar-refractivity contribution in [2.45, 2.75) is 39.9 Å². The average molecular weight is 232 g/mol. The van der Waals surface area contributed by atoms with Crippen LogP contribution in [0.25, 0.3) is 0 Å². The summed E-state index contributed by atoms with van der Waals surface area (Å²) in [5.74, 6) is 0. The van der Waals surface area contributed by atoms with E-state index in [1.54, 1.807) is 0 Å². The lowest BCUT2D eigenvalue weighted by atomic mass is 10.4. The standard InChI is InChI=1S/C13H20N4/c1-3-7-16-8-5-6-13(16)10-14-12-9-15-17(4-2)11-12/h5-6,8-9,11,14H,3-4,7,10H2,1-2H3. The molecule has 0 aliphatic rings. The highest BCUT2D eigenvalue weighted by Crippen LogP contribution is 2.09. The molecule has 0 atom stereocenters. The zero-order valence-electron chi connectivity index (χ0n) is 10.6. The maximum atomic E-state index is 4.24. The maximum Gasteiger partial charge on any atom is 0.0729 e. The molecule has 0 amide bonds. The molecular weight excluding hydrogens is 212 g/mol. The van der Waals surface area contributed by atoms with Gasteiger partial charge in [0.25, 0.3) is 0 Å². The fourth-order valence-electron chi connectivity index (χ4n) is 1.89. The molecule has 0 saturated heterocycles. The highest BCUT2D eigenvalue weighted by atomic mass is 15.3. The van der Waals surface area contributed by atoms with Crippen LogP contribution >= 0.6 is 0 Å². The summed E-state index contributed by atoms with van der Waals surface area (Å²) < 4.78 is 4.21. The van der Waals surface area contributed by atoms with Gasteiger partial charge in [-0.2, -0.15) is 5.10 Å². The van der Waals surface area contributed by atoms with Gasteiger partial charge in [0, 0.05) is 31.2 Å². The van der Waals surface area contributed by atoms with E-state index in [1.807, 2.05) is 17.1 Å². The number of rotatable bonds is 6. The first-order chi connectivity index (χ1) is 8.33. The second-order valence-corrected chi connectivity index (χ2v) is 4.13. The summed E-state index contributed by atoms with van der Waals surface area (Å²) in [6, 6.07) is 4.26. The first-order valence-corrected chi connectivity index (χ1v) is 6.23. The topological polar surface area (TPSA) is 34.8 Å². The summed E-state index contributed by atoms with van der Waals surface area (Å²) in [7, 11) is 0. The number of hydrogen-bond donors (Lipinski definition) is 1. The van der Waals surface area contributed by atoms with Crippen LogP contribution in [0.3, 0.4) is 0 Å². The van der Waals surface area contributed by atoms with Crippen molar-refractivity contribution in [3.8, 4) is 0 Å². The van der Waals surface area contributed by atoms with Crippen LogP contribution in [-0.2, 0) is 19.6 Å². The van der Waals surface area contributed by atoms with Gasteiger partial charge in [0.2, 0.25) is 0 Å². The molecule has 0 aliphatic carbocycles. The van der Waals surface area contributed by atoms with Crippen molar-refractivity contribution < 1.29 is 0 Å². The molecule has 1 N–H and O–H groups in total. The van der Waals surface area contributed by atoms with Crippen molar-refractivity contribution in [3.63, 3.8) is 0 Å². The van der Waals surface area contributed by atoms with Crippen molar-refractivity contribution in [3.05, 3.63) is 36.4 Å². The van der Waals surface area contributed by atoms with E-state index in [4.69, 9.17) is 0 Å². The Hall–Kier alpha value is -1.71.